The van der Waals surface area contributed by atoms with Gasteiger partial charge in [0.05, 0.1) is 38.0 Å². The van der Waals surface area contributed by atoms with Crippen LogP contribution in [0.25, 0.3) is 22.3 Å². The van der Waals surface area contributed by atoms with Crippen LogP contribution in [0, 0.1) is 11.3 Å². The highest BCUT2D eigenvalue weighted by Crippen LogP contribution is 2.74. The van der Waals surface area contributed by atoms with Gasteiger partial charge in [-0.1, -0.05) is 66.0 Å². The molecule has 4 N–H and O–H groups in total. The third-order valence-electron chi connectivity index (χ3n) is 13.3. The van der Waals surface area contributed by atoms with Gasteiger partial charge in [0.2, 0.25) is 0 Å². The Morgan fingerprint density at radius 1 is 0.780 bits per heavy atom. The Labute approximate surface area is 355 Å². The number of nitrogens with zero attached hydrogens (tertiary/aromatic N) is 8. The first-order chi connectivity index (χ1) is 27.3. The van der Waals surface area contributed by atoms with Crippen LogP contribution < -0.4 is 11.5 Å². The predicted octanol–water partition coefficient (Wildman–Crippen LogP) is 6.96. The van der Waals surface area contributed by atoms with Gasteiger partial charge < -0.3 is 34.1 Å². The molecule has 4 aromatic rings. The number of hydrogen-bond acceptors (Lipinski definition) is 17. The van der Waals surface area contributed by atoms with Crippen molar-refractivity contribution in [3.05, 3.63) is 25.3 Å². The molecule has 3 unspecified atom stereocenters. The summed E-state index contributed by atoms with van der Waals surface area (Å²) in [4.78, 5) is 26.2. The zero-order valence-electron chi connectivity index (χ0n) is 34.7. The van der Waals surface area contributed by atoms with E-state index in [4.69, 9.17) is 43.2 Å². The summed E-state index contributed by atoms with van der Waals surface area (Å²) in [6, 6.07) is -0.450. The lowest BCUT2D eigenvalue weighted by Crippen LogP contribution is -2.50. The van der Waals surface area contributed by atoms with Gasteiger partial charge in [-0.25, -0.2) is 39.0 Å². The summed E-state index contributed by atoms with van der Waals surface area (Å²) in [5, 5.41) is -0.483. The molecule has 0 aromatic carbocycles. The number of imidazole rings is 2. The third kappa shape index (κ3) is 7.67. The highest BCUT2D eigenvalue weighted by molar-refractivity contribution is 8.44. The first-order valence-corrected chi connectivity index (χ1v) is 30.7. The average molecular weight is 929 g/mol. The second-order valence-corrected chi connectivity index (χ2v) is 34.3. The van der Waals surface area contributed by atoms with Crippen LogP contribution in [0.2, 0.25) is 36.3 Å². The van der Waals surface area contributed by atoms with Crippen LogP contribution in [0.1, 0.15) is 60.2 Å². The van der Waals surface area contributed by atoms with Crippen molar-refractivity contribution in [2.45, 2.75) is 127 Å². The maximum atomic E-state index is 14.8. The molecule has 2 saturated heterocycles. The minimum absolute atomic E-state index is 0.162. The third-order valence-corrected chi connectivity index (χ3v) is 25.5. The first kappa shape index (κ1) is 43.7. The van der Waals surface area contributed by atoms with Crippen LogP contribution >= 0.6 is 38.1 Å². The molecule has 1 spiro atoms. The molecule has 4 aliphatic rings. The normalized spacial score (nSPS) is 35.9. The molecule has 2 aliphatic heterocycles. The van der Waals surface area contributed by atoms with Gasteiger partial charge >= 0.3 is 13.6 Å². The standard InChI is InChI=1S/C34H54N10O9P2S2Si2/c1-32(2,3)58(7,8)52-23-19-12-47-54(45,56)51-26-24(53-59(9,10)33(4,5)6)22(43-16-41-20-27(35)37-14-39-29(20)43)18-11-34(18,26)13-48-55(46,57)50-25(23)31(49-19)44-17-42-21-28(36)38-15-40-30(21)44/h14-19,22-26,31H,11-13H2,1-10H3,(H,45,56)(H,46,57)(H2,35,37,39)(H2,36,38,40)/t18-,19-,22-,23?,24?,25-,26+,31-,34?,54+,55-/m1/s1. The van der Waals surface area contributed by atoms with Crippen molar-refractivity contribution in [3.8, 4) is 0 Å². The zero-order valence-corrected chi connectivity index (χ0v) is 40.3. The second kappa shape index (κ2) is 14.5. The van der Waals surface area contributed by atoms with Gasteiger partial charge in [0, 0.05) is 5.41 Å². The van der Waals surface area contributed by atoms with E-state index in [1.807, 2.05) is 4.57 Å². The fourth-order valence-electron chi connectivity index (χ4n) is 8.00. The van der Waals surface area contributed by atoms with Crippen LogP contribution in [0.5, 0.6) is 0 Å². The maximum absolute atomic E-state index is 14.8. The molecular weight excluding hydrogens is 875 g/mol. The molecule has 59 heavy (non-hydrogen) atoms. The predicted molar refractivity (Wildman–Crippen MR) is 232 cm³/mol. The van der Waals surface area contributed by atoms with Gasteiger partial charge in [0.25, 0.3) is 0 Å². The Morgan fingerprint density at radius 2 is 1.31 bits per heavy atom. The number of thiol groups is 2. The largest absolute Gasteiger partial charge is 0.409 e. The van der Waals surface area contributed by atoms with E-state index in [9.17, 15) is 9.13 Å². The van der Waals surface area contributed by atoms with Gasteiger partial charge in [0.15, 0.2) is 45.8 Å². The quantitative estimate of drug-likeness (QED) is 0.0868. The van der Waals surface area contributed by atoms with E-state index < -0.39 is 78.4 Å². The van der Waals surface area contributed by atoms with Gasteiger partial charge in [0.1, 0.15) is 48.1 Å². The van der Waals surface area contributed by atoms with Crippen LogP contribution in [-0.2, 0) is 40.8 Å². The maximum Gasteiger partial charge on any atom is 0.386 e. The van der Waals surface area contributed by atoms with Crippen LogP contribution in [0.4, 0.5) is 11.6 Å². The molecule has 2 bridgehead atoms. The minimum atomic E-state index is -4.28. The highest BCUT2D eigenvalue weighted by Gasteiger charge is 2.75. The van der Waals surface area contributed by atoms with Gasteiger partial charge in [-0.3, -0.25) is 18.1 Å². The Balaban J connectivity index is 1.22. The molecule has 4 fully saturated rings. The summed E-state index contributed by atoms with van der Waals surface area (Å²) in [7, 11) is -5.20. The van der Waals surface area contributed by atoms with Gasteiger partial charge in [-0.2, -0.15) is 0 Å². The fourth-order valence-corrected chi connectivity index (χ4v) is 13.6. The van der Waals surface area contributed by atoms with E-state index in [1.54, 1.807) is 10.9 Å². The minimum Gasteiger partial charge on any atom is -0.409 e. The number of nitrogens with two attached hydrogens (primary N) is 2. The van der Waals surface area contributed by atoms with Crippen LogP contribution in [-0.4, -0.2) is 99.4 Å². The topological polar surface area (TPSA) is 238 Å². The van der Waals surface area contributed by atoms with Crippen molar-refractivity contribution in [2.24, 2.45) is 11.3 Å². The van der Waals surface area contributed by atoms with E-state index >= 15 is 0 Å². The molecule has 0 amide bonds. The average Bonchev–Trinajstić information content (AvgIpc) is 3.40. The molecule has 6 heterocycles. The number of fused-ring (bicyclic) bond motifs is 4. The first-order valence-electron chi connectivity index (χ1n) is 19.4. The van der Waals surface area contributed by atoms with E-state index in [0.29, 0.717) is 28.7 Å². The van der Waals surface area contributed by atoms with E-state index in [0.717, 1.165) is 0 Å². The Bertz CT molecular complexity index is 2380. The summed E-state index contributed by atoms with van der Waals surface area (Å²) in [5.41, 5.74) is 13.1. The van der Waals surface area contributed by atoms with Crippen molar-refractivity contribution in [1.29, 1.82) is 0 Å². The van der Waals surface area contributed by atoms with Crippen molar-refractivity contribution >= 4 is 88.7 Å². The molecule has 8 rings (SSSR count). The molecule has 25 heteroatoms. The van der Waals surface area contributed by atoms with Gasteiger partial charge in [-0.15, -0.1) is 0 Å². The Hall–Kier alpha value is -1.99. The number of nitrogen functional groups attached to an aromatic ring is 2. The SMILES string of the molecule is CC(C)(C)[Si](C)(C)OC1[C@H]2O[P@](=O)(S)OCC34C[C@@H]3[C@@H](n3cnc5c(N)ncnc53)C(O[Si](C)(C)C(C)(C)C)[C@@H]4O[P@@](=O)(S)OC[C@H]1O[C@H]2n1cnc2c(N)ncnc21. The molecule has 11 atom stereocenters. The van der Waals surface area contributed by atoms with E-state index in [1.165, 1.54) is 19.0 Å². The lowest BCUT2D eigenvalue weighted by atomic mass is 10.0. The van der Waals surface area contributed by atoms with Crippen molar-refractivity contribution in [3.63, 3.8) is 0 Å². The van der Waals surface area contributed by atoms with Crippen molar-refractivity contribution < 1.29 is 40.8 Å². The summed E-state index contributed by atoms with van der Waals surface area (Å²) in [5.74, 6) is 0.176. The van der Waals surface area contributed by atoms with E-state index in [-0.39, 0.29) is 40.8 Å². The number of ether oxygens (including phenoxy) is 1. The molecule has 4 aromatic heterocycles. The summed E-state index contributed by atoms with van der Waals surface area (Å²) in [6.45, 7) is 12.1. The summed E-state index contributed by atoms with van der Waals surface area (Å²) in [6.07, 6.45) is 0.663. The molecular formula is C34H54N10O9P2S2Si2. The van der Waals surface area contributed by atoms with Gasteiger partial charge in [-0.05, 0) is 48.6 Å². The van der Waals surface area contributed by atoms with Crippen LogP contribution in [0.3, 0.4) is 0 Å². The monoisotopic (exact) mass is 928 g/mol. The highest BCUT2D eigenvalue weighted by atomic mass is 32.7. The van der Waals surface area contributed by atoms with Crippen LogP contribution in [0.15, 0.2) is 25.3 Å². The lowest BCUT2D eigenvalue weighted by molar-refractivity contribution is -0.0540. The number of anilines is 2. The Kier molecular flexibility index (Phi) is 10.8. The van der Waals surface area contributed by atoms with Crippen molar-refractivity contribution in [2.75, 3.05) is 24.7 Å². The number of hydrogen-bond donors (Lipinski definition) is 4. The molecule has 2 saturated carbocycles. The molecule has 19 nitrogen and oxygen atoms in total. The smallest absolute Gasteiger partial charge is 0.386 e. The summed E-state index contributed by atoms with van der Waals surface area (Å²) >= 11 is 9.19. The Morgan fingerprint density at radius 3 is 1.88 bits per heavy atom. The number of aromatic nitrogens is 8. The lowest BCUT2D eigenvalue weighted by Gasteiger charge is -2.43. The molecule has 324 valence electrons. The second-order valence-electron chi connectivity index (χ2n) is 19.1. The molecule has 2 aliphatic carbocycles. The fraction of sp³-hybridized carbons (Fsp3) is 0.706. The molecule has 0 radical (unpaired) electrons. The summed E-state index contributed by atoms with van der Waals surface area (Å²) < 4.78 is 79.6. The van der Waals surface area contributed by atoms with Crippen molar-refractivity contribution in [1.82, 2.24) is 39.0 Å². The van der Waals surface area contributed by atoms with E-state index in [2.05, 4.69) is 122 Å². The number of rotatable bonds is 6. The zero-order chi connectivity index (χ0) is 42.9.